The number of hydrogen-bond acceptors (Lipinski definition) is 6. The molecule has 0 radical (unpaired) electrons. The highest BCUT2D eigenvalue weighted by atomic mass is 32.2. The summed E-state index contributed by atoms with van der Waals surface area (Å²) in [6, 6.07) is 22.5. The Morgan fingerprint density at radius 2 is 1.58 bits per heavy atom. The van der Waals surface area contributed by atoms with Crippen LogP contribution >= 0.6 is 0 Å². The Kier molecular flexibility index (Phi) is 9.05. The molecule has 2 aliphatic rings. The van der Waals surface area contributed by atoms with Gasteiger partial charge in [0.2, 0.25) is 5.91 Å². The summed E-state index contributed by atoms with van der Waals surface area (Å²) in [5, 5.41) is 18.9. The molecule has 11 nitrogen and oxygen atoms in total. The molecule has 0 unspecified atom stereocenters. The second-order valence-electron chi connectivity index (χ2n) is 10.5. The summed E-state index contributed by atoms with van der Waals surface area (Å²) in [4.78, 5) is 38.4. The average Bonchev–Trinajstić information content (AvgIpc) is 3.11. The molecule has 0 saturated heterocycles. The molecule has 3 aromatic carbocycles. The highest BCUT2D eigenvalue weighted by molar-refractivity contribution is 7.92. The van der Waals surface area contributed by atoms with E-state index in [1.54, 1.807) is 48.5 Å². The number of anilines is 3. The van der Waals surface area contributed by atoms with Gasteiger partial charge in [-0.3, -0.25) is 9.69 Å². The Morgan fingerprint density at radius 3 is 2.28 bits per heavy atom. The predicted molar refractivity (Wildman–Crippen MR) is 164 cm³/mol. The van der Waals surface area contributed by atoms with E-state index in [1.807, 2.05) is 35.6 Å². The summed E-state index contributed by atoms with van der Waals surface area (Å²) in [6.45, 7) is -0.282. The van der Waals surface area contributed by atoms with Crippen LogP contribution < -0.4 is 15.5 Å². The summed E-state index contributed by atoms with van der Waals surface area (Å²) in [7, 11) is -3.53. The number of nitrogens with one attached hydrogen (secondary N) is 2. The van der Waals surface area contributed by atoms with Gasteiger partial charge in [0, 0.05) is 11.3 Å². The van der Waals surface area contributed by atoms with Crippen molar-refractivity contribution in [1.82, 2.24) is 10.3 Å². The first-order valence-corrected chi connectivity index (χ1v) is 15.8. The lowest BCUT2D eigenvalue weighted by atomic mass is 10.0. The van der Waals surface area contributed by atoms with Crippen molar-refractivity contribution in [1.29, 1.82) is 0 Å². The van der Waals surface area contributed by atoms with Crippen molar-refractivity contribution >= 4 is 50.6 Å². The molecule has 3 N–H and O–H groups in total. The number of sulfone groups is 1. The van der Waals surface area contributed by atoms with Gasteiger partial charge in [-0.2, -0.15) is 5.10 Å². The smallest absolute Gasteiger partial charge is 0.405 e. The second kappa shape index (κ2) is 13.1. The summed E-state index contributed by atoms with van der Waals surface area (Å²) < 4.78 is 27.2. The van der Waals surface area contributed by atoms with Crippen molar-refractivity contribution in [3.05, 3.63) is 90.0 Å². The molecule has 5 rings (SSSR count). The number of amides is 4. The minimum atomic E-state index is -3.53. The van der Waals surface area contributed by atoms with Gasteiger partial charge < -0.3 is 15.7 Å². The number of benzene rings is 3. The minimum Gasteiger partial charge on any atom is -0.465 e. The molecule has 0 atom stereocenters. The van der Waals surface area contributed by atoms with Gasteiger partial charge >= 0.3 is 12.1 Å². The second-order valence-corrected chi connectivity index (χ2v) is 12.8. The molecule has 4 amide bonds. The van der Waals surface area contributed by atoms with Gasteiger partial charge in [0.05, 0.1) is 34.6 Å². The molecule has 0 spiro atoms. The number of hydrazone groups is 1. The zero-order valence-corrected chi connectivity index (χ0v) is 24.3. The number of hydrogen-bond donors (Lipinski definition) is 3. The number of nitrogens with zero attached hydrogens (tertiary/aromatic N) is 3. The van der Waals surface area contributed by atoms with E-state index in [-0.39, 0.29) is 12.3 Å². The number of para-hydroxylation sites is 1. The van der Waals surface area contributed by atoms with Crippen LogP contribution in [0, 0.1) is 0 Å². The topological polar surface area (TPSA) is 148 Å². The fourth-order valence-corrected chi connectivity index (χ4v) is 7.26. The molecule has 1 aliphatic carbocycles. The van der Waals surface area contributed by atoms with Gasteiger partial charge in [-0.25, -0.2) is 23.0 Å². The van der Waals surface area contributed by atoms with Gasteiger partial charge in [0.25, 0.3) is 0 Å². The first-order valence-electron chi connectivity index (χ1n) is 14.1. The highest BCUT2D eigenvalue weighted by Gasteiger charge is 2.35. The fourth-order valence-electron chi connectivity index (χ4n) is 5.38. The molecule has 3 aromatic rings. The number of rotatable bonds is 9. The van der Waals surface area contributed by atoms with Crippen LogP contribution in [0.3, 0.4) is 0 Å². The Hall–Kier alpha value is -4.71. The third-order valence-electron chi connectivity index (χ3n) is 7.49. The number of urea groups is 1. The lowest BCUT2D eigenvalue weighted by molar-refractivity contribution is -0.115. The number of carboxylic acid groups (broad SMARTS) is 1. The van der Waals surface area contributed by atoms with Crippen LogP contribution in [-0.4, -0.2) is 59.8 Å². The van der Waals surface area contributed by atoms with E-state index in [1.165, 1.54) is 9.91 Å². The molecule has 43 heavy (non-hydrogen) atoms. The summed E-state index contributed by atoms with van der Waals surface area (Å²) in [5.41, 5.74) is 3.05. The van der Waals surface area contributed by atoms with E-state index in [9.17, 15) is 22.8 Å². The molecular weight excluding hydrogens is 570 g/mol. The average molecular weight is 604 g/mol. The van der Waals surface area contributed by atoms with Gasteiger partial charge in [-0.15, -0.1) is 0 Å². The van der Waals surface area contributed by atoms with E-state index in [4.69, 9.17) is 10.2 Å². The zero-order valence-electron chi connectivity index (χ0n) is 23.5. The van der Waals surface area contributed by atoms with Gasteiger partial charge in [-0.05, 0) is 48.7 Å². The first kappa shape index (κ1) is 29.8. The molecule has 224 valence electrons. The zero-order chi connectivity index (χ0) is 30.4. The molecule has 0 aromatic heterocycles. The summed E-state index contributed by atoms with van der Waals surface area (Å²) >= 11 is 0. The number of carbonyl (C=O) groups is 3. The van der Waals surface area contributed by atoms with Crippen LogP contribution in [0.1, 0.15) is 43.2 Å². The lowest BCUT2D eigenvalue weighted by Crippen LogP contribution is -2.37. The van der Waals surface area contributed by atoms with Crippen molar-refractivity contribution in [2.75, 3.05) is 22.5 Å². The van der Waals surface area contributed by atoms with Crippen molar-refractivity contribution in [3.8, 4) is 0 Å². The Balaban J connectivity index is 1.51. The lowest BCUT2D eigenvalue weighted by Gasteiger charge is -2.27. The van der Waals surface area contributed by atoms with Crippen LogP contribution in [0.2, 0.25) is 0 Å². The molecule has 1 fully saturated rings. The van der Waals surface area contributed by atoms with Crippen LogP contribution in [-0.2, 0) is 21.2 Å². The fraction of sp³-hybridized carbons (Fsp3) is 0.290. The highest BCUT2D eigenvalue weighted by Crippen LogP contribution is 2.35. The van der Waals surface area contributed by atoms with Crippen LogP contribution in [0.4, 0.5) is 26.7 Å². The number of carbonyl (C=O) groups excluding carboxylic acids is 2. The van der Waals surface area contributed by atoms with Crippen molar-refractivity contribution in [3.63, 3.8) is 0 Å². The maximum Gasteiger partial charge on any atom is 0.405 e. The van der Waals surface area contributed by atoms with Gasteiger partial charge in [0.1, 0.15) is 6.54 Å². The normalized spacial score (nSPS) is 15.7. The van der Waals surface area contributed by atoms with E-state index >= 15 is 0 Å². The van der Waals surface area contributed by atoms with E-state index in [2.05, 4.69) is 5.32 Å². The van der Waals surface area contributed by atoms with Crippen LogP contribution in [0.5, 0.6) is 0 Å². The summed E-state index contributed by atoms with van der Waals surface area (Å²) in [6.07, 6.45) is 2.75. The molecular formula is C31H33N5O6S. The molecule has 1 saturated carbocycles. The Bertz CT molecular complexity index is 1620. The Labute approximate surface area is 250 Å². The third kappa shape index (κ3) is 7.20. The molecule has 1 aliphatic heterocycles. The first-order chi connectivity index (χ1) is 20.7. The SMILES string of the molecule is O=C(O)NCC(=O)Nc1ccc(N2C(=O)N(Cc3ccccc3)N=C(CS(=O)(=O)C3CCCCC3)c3ccccc32)cc1. The van der Waals surface area contributed by atoms with Crippen LogP contribution in [0.15, 0.2) is 84.0 Å². The molecule has 0 bridgehead atoms. The van der Waals surface area contributed by atoms with E-state index in [0.717, 1.165) is 24.8 Å². The molecule has 1 heterocycles. The van der Waals surface area contributed by atoms with E-state index in [0.29, 0.717) is 41.2 Å². The molecule has 12 heteroatoms. The maximum absolute atomic E-state index is 14.2. The van der Waals surface area contributed by atoms with Gasteiger partial charge in [0.15, 0.2) is 9.84 Å². The van der Waals surface area contributed by atoms with Gasteiger partial charge in [-0.1, -0.05) is 67.8 Å². The van der Waals surface area contributed by atoms with E-state index < -0.39 is 39.7 Å². The van der Waals surface area contributed by atoms with Crippen molar-refractivity contribution in [2.24, 2.45) is 5.10 Å². The minimum absolute atomic E-state index is 0.127. The predicted octanol–water partition coefficient (Wildman–Crippen LogP) is 5.12. The quantitative estimate of drug-likeness (QED) is 0.309. The summed E-state index contributed by atoms with van der Waals surface area (Å²) in [5.74, 6) is -0.825. The largest absolute Gasteiger partial charge is 0.465 e. The van der Waals surface area contributed by atoms with Crippen molar-refractivity contribution < 1.29 is 27.9 Å². The number of fused-ring (bicyclic) bond motifs is 1. The maximum atomic E-state index is 14.2. The monoisotopic (exact) mass is 603 g/mol. The van der Waals surface area contributed by atoms with Crippen LogP contribution in [0.25, 0.3) is 0 Å². The standard InChI is InChI=1S/C31H33N5O6S/c37-29(19-32-30(38)39)33-23-15-17-24(18-16-23)36-28-14-8-7-13-26(28)27(21-43(41,42)25-11-5-2-6-12-25)34-35(31(36)40)20-22-9-3-1-4-10-22/h1,3-4,7-10,13-18,25,32H,2,5-6,11-12,19-21H2,(H,33,37)(H,38,39). The third-order valence-corrected chi connectivity index (χ3v) is 9.65. The Morgan fingerprint density at radius 1 is 0.907 bits per heavy atom. The van der Waals surface area contributed by atoms with Crippen molar-refractivity contribution in [2.45, 2.75) is 43.9 Å².